The van der Waals surface area contributed by atoms with Gasteiger partial charge in [0.25, 0.3) is 0 Å². The molecule has 0 amide bonds. The second kappa shape index (κ2) is 81.2. The quantitative estimate of drug-likeness (QED) is 0.0193. The van der Waals surface area contributed by atoms with Crippen LogP contribution in [0.1, 0.15) is 464 Å². The van der Waals surface area contributed by atoms with Gasteiger partial charge in [0, 0.05) is 11.8 Å². The van der Waals surface area contributed by atoms with Gasteiger partial charge in [-0.05, 0) is 38.5 Å². The fourth-order valence-electron chi connectivity index (χ4n) is 12.9. The normalized spacial score (nSPS) is 12.7. The van der Waals surface area contributed by atoms with Gasteiger partial charge in [-0.2, -0.15) is 0 Å². The Balaban J connectivity index is -0.00000168. The minimum absolute atomic E-state index is 0. The molecule has 0 bridgehead atoms. The van der Waals surface area contributed by atoms with Crippen molar-refractivity contribution >= 4 is 58.5 Å². The molecule has 91 heavy (non-hydrogen) atoms. The molecule has 0 N–H and O–H groups in total. The first-order valence-corrected chi connectivity index (χ1v) is 43.2. The van der Waals surface area contributed by atoms with Gasteiger partial charge >= 0.3 is 37.7 Å². The summed E-state index contributed by atoms with van der Waals surface area (Å²) in [4.78, 5) is 0. The van der Waals surface area contributed by atoms with Crippen LogP contribution in [0.25, 0.3) is 0 Å². The second-order valence-corrected chi connectivity index (χ2v) is 30.2. The average Bonchev–Trinajstić information content (AvgIpc) is 3.57. The van der Waals surface area contributed by atoms with Crippen LogP contribution in [-0.2, 0) is 29.2 Å². The second-order valence-electron chi connectivity index (χ2n) is 28.1. The van der Waals surface area contributed by atoms with Gasteiger partial charge in [0.05, 0.1) is 13.2 Å². The zero-order valence-electron chi connectivity index (χ0n) is 61.8. The Morgan fingerprint density at radius 2 is 0.385 bits per heavy atom. The third-order valence-corrected chi connectivity index (χ3v) is 19.8. The summed E-state index contributed by atoms with van der Waals surface area (Å²) in [7, 11) is -9.25. The van der Waals surface area contributed by atoms with Crippen molar-refractivity contribution in [2.24, 2.45) is 11.8 Å². The molecule has 0 saturated heterocycles. The number of hydrogen-bond donors (Lipinski definition) is 0. The van der Waals surface area contributed by atoms with Gasteiger partial charge in [-0.1, -0.05) is 450 Å². The van der Waals surface area contributed by atoms with Crippen LogP contribution in [0.4, 0.5) is 0 Å². The zero-order valence-corrected chi connectivity index (χ0v) is 65.6. The number of allylic oxidation sites excluding steroid dienone is 2. The van der Waals surface area contributed by atoms with Crippen LogP contribution in [0.5, 0.6) is 0 Å². The van der Waals surface area contributed by atoms with E-state index in [1.165, 1.54) is 398 Å². The van der Waals surface area contributed by atoms with Gasteiger partial charge < -0.3 is 9.11 Å². The molecule has 0 spiro atoms. The largest absolute Gasteiger partial charge is 2.00 e. The first-order chi connectivity index (χ1) is 44.0. The maximum absolute atomic E-state index is 11.0. The molecule has 8 nitrogen and oxygen atoms in total. The van der Waals surface area contributed by atoms with Crippen LogP contribution in [0.15, 0.2) is 24.3 Å². The van der Waals surface area contributed by atoms with E-state index in [9.17, 15) is 25.9 Å². The maximum atomic E-state index is 11.0. The minimum atomic E-state index is -4.63. The van der Waals surface area contributed by atoms with Gasteiger partial charge in [-0.25, -0.2) is 16.8 Å². The molecule has 11 heteroatoms. The molecule has 0 saturated carbocycles. The molecule has 0 aromatic carbocycles. The van der Waals surface area contributed by atoms with Crippen molar-refractivity contribution < 1.29 is 34.3 Å². The summed E-state index contributed by atoms with van der Waals surface area (Å²) in [6, 6.07) is 0. The Hall–Kier alpha value is 0.480. The van der Waals surface area contributed by atoms with Crippen molar-refractivity contribution in [1.29, 1.82) is 0 Å². The molecule has 0 heterocycles. The zero-order chi connectivity index (χ0) is 65.9. The van der Waals surface area contributed by atoms with E-state index in [4.69, 9.17) is 0 Å². The molecule has 0 aliphatic heterocycles. The smallest absolute Gasteiger partial charge is 0.726 e. The van der Waals surface area contributed by atoms with Gasteiger partial charge in [0.1, 0.15) is 0 Å². The summed E-state index contributed by atoms with van der Waals surface area (Å²) in [5.74, 6) is 0.0307. The third-order valence-electron chi connectivity index (χ3n) is 19.0. The van der Waals surface area contributed by atoms with Crippen molar-refractivity contribution in [2.45, 2.75) is 464 Å². The van der Waals surface area contributed by atoms with Gasteiger partial charge in [-0.15, -0.1) is 0 Å². The van der Waals surface area contributed by atoms with Gasteiger partial charge in [-0.3, -0.25) is 8.37 Å². The summed E-state index contributed by atoms with van der Waals surface area (Å²) in [5.41, 5.74) is 0. The molecule has 2 atom stereocenters. The van der Waals surface area contributed by atoms with Crippen LogP contribution < -0.4 is 0 Å². The monoisotopic (exact) mass is 1350 g/mol. The van der Waals surface area contributed by atoms with Crippen molar-refractivity contribution in [3.8, 4) is 0 Å². The summed E-state index contributed by atoms with van der Waals surface area (Å²) < 4.78 is 75.2. The van der Waals surface area contributed by atoms with Crippen molar-refractivity contribution in [1.82, 2.24) is 0 Å². The maximum Gasteiger partial charge on any atom is 2.00 e. The van der Waals surface area contributed by atoms with E-state index in [1.54, 1.807) is 0 Å². The van der Waals surface area contributed by atoms with E-state index >= 15 is 0 Å². The molecular weight excluding hydrogens is 1190 g/mol. The molecule has 0 radical (unpaired) electrons. The molecule has 540 valence electrons. The molecule has 0 fully saturated rings. The minimum Gasteiger partial charge on any atom is -0.726 e. The standard InChI is InChI=1S/2C40H80O4S.Ca/c2*1-3-5-7-9-11-13-15-17-19-20-21-22-23-24-26-28-30-32-34-36-38-40(39-44-45(41,42)43)37-35-33-31-29-27-25-18-16-14-12-10-8-6-4-2;/h2*36,38,40H,3-35,37,39H2,1-2H3,(H,41,42,43);/q;;+2/p-2/b2*38-36+;. The average molecular weight is 1350 g/mol. The Bertz CT molecular complexity index is 1510. The van der Waals surface area contributed by atoms with Crippen LogP contribution >= 0.6 is 0 Å². The van der Waals surface area contributed by atoms with E-state index in [1.807, 2.05) is 0 Å². The number of unbranched alkanes of at least 4 members (excludes halogenated alkanes) is 62. The van der Waals surface area contributed by atoms with E-state index in [2.05, 4.69) is 60.4 Å². The Labute approximate surface area is 601 Å². The summed E-state index contributed by atoms with van der Waals surface area (Å²) >= 11 is 0. The SMILES string of the molecule is CCCCCCCCCCCCCCCCCCCC/C=C/C(CCCCCCCCCCCCCCCC)COS(=O)(=O)[O-].CCCCCCCCCCCCCCCCCCCC/C=C/C(CCCCCCCCCCCCCCCC)COS(=O)(=O)[O-].[Ca+2]. The predicted molar refractivity (Wildman–Crippen MR) is 399 cm³/mol. The fraction of sp³-hybridized carbons (Fsp3) is 0.950. The molecule has 0 aliphatic rings. The first kappa shape index (κ1) is 95.7. The fourth-order valence-corrected chi connectivity index (χ4v) is 13.6. The molecule has 0 aromatic heterocycles. The Kier molecular flexibility index (Phi) is 85.3. The van der Waals surface area contributed by atoms with Gasteiger partial charge in [0.15, 0.2) is 0 Å². The van der Waals surface area contributed by atoms with E-state index in [-0.39, 0.29) is 62.8 Å². The molecule has 0 aliphatic carbocycles. The van der Waals surface area contributed by atoms with Crippen molar-refractivity contribution in [3.05, 3.63) is 24.3 Å². The van der Waals surface area contributed by atoms with Crippen LogP contribution in [0.3, 0.4) is 0 Å². The van der Waals surface area contributed by atoms with E-state index < -0.39 is 20.8 Å². The number of rotatable bonds is 76. The summed E-state index contributed by atoms with van der Waals surface area (Å²) in [5, 5.41) is 0. The van der Waals surface area contributed by atoms with E-state index in [0.717, 1.165) is 38.5 Å². The Morgan fingerprint density at radius 1 is 0.242 bits per heavy atom. The van der Waals surface area contributed by atoms with Crippen LogP contribution in [0, 0.1) is 11.8 Å². The summed E-state index contributed by atoms with van der Waals surface area (Å²) in [6.45, 7) is 9.09. The van der Waals surface area contributed by atoms with Crippen molar-refractivity contribution in [3.63, 3.8) is 0 Å². The molecular formula is C80H158CaO8S2. The summed E-state index contributed by atoms with van der Waals surface area (Å²) in [6.07, 6.45) is 99.4. The first-order valence-electron chi connectivity index (χ1n) is 40.5. The van der Waals surface area contributed by atoms with Crippen molar-refractivity contribution in [2.75, 3.05) is 13.2 Å². The topological polar surface area (TPSA) is 133 Å². The predicted octanol–water partition coefficient (Wildman–Crippen LogP) is 27.5. The molecule has 2 unspecified atom stereocenters. The third kappa shape index (κ3) is 90.5. The van der Waals surface area contributed by atoms with Crippen LogP contribution in [-0.4, -0.2) is 76.9 Å². The van der Waals surface area contributed by atoms with Crippen LogP contribution in [0.2, 0.25) is 0 Å². The number of hydrogen-bond acceptors (Lipinski definition) is 8. The van der Waals surface area contributed by atoms with Gasteiger partial charge in [0.2, 0.25) is 20.8 Å². The molecule has 0 aromatic rings. The Morgan fingerprint density at radius 3 is 0.538 bits per heavy atom. The van der Waals surface area contributed by atoms with E-state index in [0.29, 0.717) is 0 Å². The molecule has 0 rings (SSSR count).